The molecule has 1 aliphatic rings. The molecule has 1 aliphatic heterocycles. The molecule has 0 radical (unpaired) electrons. The number of thioether (sulfide) groups is 1. The van der Waals surface area contributed by atoms with Gasteiger partial charge in [-0.3, -0.25) is 4.90 Å². The van der Waals surface area contributed by atoms with Crippen molar-refractivity contribution in [2.24, 2.45) is 0 Å². The number of benzene rings is 1. The molecule has 106 valence electrons. The lowest BCUT2D eigenvalue weighted by Gasteiger charge is -2.28. The zero-order chi connectivity index (χ0) is 13.7. The van der Waals surface area contributed by atoms with Crippen molar-refractivity contribution < 1.29 is 9.84 Å². The van der Waals surface area contributed by atoms with Crippen LogP contribution in [0, 0.1) is 0 Å². The molecule has 0 amide bonds. The second-order valence-electron chi connectivity index (χ2n) is 4.43. The van der Waals surface area contributed by atoms with Crippen molar-refractivity contribution in [2.45, 2.75) is 6.10 Å². The van der Waals surface area contributed by atoms with E-state index < -0.39 is 6.10 Å². The number of hydrogen-bond acceptors (Lipinski definition) is 4. The highest BCUT2D eigenvalue weighted by Crippen LogP contribution is 2.32. The molecular weight excluding hydrogens is 305 g/mol. The van der Waals surface area contributed by atoms with Crippen LogP contribution in [0.1, 0.15) is 0 Å². The van der Waals surface area contributed by atoms with E-state index in [1.165, 1.54) is 0 Å². The van der Waals surface area contributed by atoms with Crippen LogP contribution in [0.25, 0.3) is 0 Å². The van der Waals surface area contributed by atoms with E-state index in [-0.39, 0.29) is 6.61 Å². The van der Waals surface area contributed by atoms with Gasteiger partial charge in [0, 0.05) is 31.1 Å². The molecule has 2 rings (SSSR count). The van der Waals surface area contributed by atoms with Crippen LogP contribution >= 0.6 is 35.0 Å². The average Bonchev–Trinajstić information content (AvgIpc) is 2.39. The maximum absolute atomic E-state index is 9.98. The van der Waals surface area contributed by atoms with Gasteiger partial charge in [0.1, 0.15) is 12.7 Å². The number of halogens is 2. The Morgan fingerprint density at radius 2 is 1.89 bits per heavy atom. The van der Waals surface area contributed by atoms with Crippen LogP contribution < -0.4 is 4.74 Å². The predicted octanol–water partition coefficient (Wildman–Crippen LogP) is 2.78. The number of hydrogen-bond donors (Lipinski definition) is 1. The van der Waals surface area contributed by atoms with Gasteiger partial charge in [0.25, 0.3) is 0 Å². The van der Waals surface area contributed by atoms with Crippen LogP contribution in [0.15, 0.2) is 18.2 Å². The van der Waals surface area contributed by atoms with Gasteiger partial charge in [-0.2, -0.15) is 11.8 Å². The fourth-order valence-electron chi connectivity index (χ4n) is 1.93. The summed E-state index contributed by atoms with van der Waals surface area (Å²) in [6, 6.07) is 5.20. The summed E-state index contributed by atoms with van der Waals surface area (Å²) >= 11 is 14.0. The average molecular weight is 322 g/mol. The van der Waals surface area contributed by atoms with Gasteiger partial charge in [-0.05, 0) is 12.1 Å². The van der Waals surface area contributed by atoms with Crippen molar-refractivity contribution >= 4 is 35.0 Å². The van der Waals surface area contributed by atoms with Crippen molar-refractivity contribution in [3.8, 4) is 5.75 Å². The third-order valence-electron chi connectivity index (χ3n) is 2.91. The van der Waals surface area contributed by atoms with E-state index in [0.29, 0.717) is 22.3 Å². The van der Waals surface area contributed by atoms with E-state index in [0.717, 1.165) is 24.6 Å². The highest BCUT2D eigenvalue weighted by atomic mass is 35.5. The van der Waals surface area contributed by atoms with Crippen molar-refractivity contribution in [1.29, 1.82) is 0 Å². The van der Waals surface area contributed by atoms with Crippen molar-refractivity contribution in [2.75, 3.05) is 37.7 Å². The Morgan fingerprint density at radius 1 is 1.26 bits per heavy atom. The summed E-state index contributed by atoms with van der Waals surface area (Å²) in [6.45, 7) is 2.87. The molecule has 0 aliphatic carbocycles. The lowest BCUT2D eigenvalue weighted by atomic mass is 10.3. The fourth-order valence-corrected chi connectivity index (χ4v) is 3.42. The number of β-amino-alcohol motifs (C(OH)–C–C–N with tert-alkyl or cyclic N) is 1. The Balaban J connectivity index is 1.81. The quantitative estimate of drug-likeness (QED) is 0.904. The van der Waals surface area contributed by atoms with Gasteiger partial charge < -0.3 is 9.84 Å². The summed E-state index contributed by atoms with van der Waals surface area (Å²) < 4.78 is 5.53. The Labute approximate surface area is 127 Å². The second kappa shape index (κ2) is 7.60. The Kier molecular flexibility index (Phi) is 6.10. The maximum atomic E-state index is 9.98. The van der Waals surface area contributed by atoms with Crippen LogP contribution in [-0.2, 0) is 0 Å². The Bertz CT molecular complexity index is 393. The molecule has 1 aromatic carbocycles. The lowest BCUT2D eigenvalue weighted by Crippen LogP contribution is -2.40. The third kappa shape index (κ3) is 4.72. The maximum Gasteiger partial charge on any atom is 0.156 e. The molecule has 6 heteroatoms. The summed E-state index contributed by atoms with van der Waals surface area (Å²) in [7, 11) is 0. The first kappa shape index (κ1) is 15.3. The van der Waals surface area contributed by atoms with Crippen molar-refractivity contribution in [3.63, 3.8) is 0 Å². The molecule has 0 spiro atoms. The minimum atomic E-state index is -0.532. The van der Waals surface area contributed by atoms with Crippen LogP contribution in [0.3, 0.4) is 0 Å². The molecule has 3 nitrogen and oxygen atoms in total. The van der Waals surface area contributed by atoms with Gasteiger partial charge in [-0.25, -0.2) is 0 Å². The normalized spacial score (nSPS) is 18.3. The number of para-hydroxylation sites is 1. The molecule has 1 unspecified atom stereocenters. The first-order valence-corrected chi connectivity index (χ1v) is 8.13. The standard InChI is InChI=1S/C13H17Cl2NO2S/c14-11-2-1-3-12(15)13(11)18-9-10(17)8-16-4-6-19-7-5-16/h1-3,10,17H,4-9H2. The number of ether oxygens (including phenoxy) is 1. The van der Waals surface area contributed by atoms with Gasteiger partial charge in [0.2, 0.25) is 0 Å². The van der Waals surface area contributed by atoms with E-state index >= 15 is 0 Å². The molecule has 1 aromatic rings. The molecule has 0 bridgehead atoms. The van der Waals surface area contributed by atoms with E-state index in [1.807, 2.05) is 11.8 Å². The summed E-state index contributed by atoms with van der Waals surface area (Å²) in [4.78, 5) is 2.25. The van der Waals surface area contributed by atoms with E-state index in [1.54, 1.807) is 18.2 Å². The Hall–Kier alpha value is -0.130. The molecule has 19 heavy (non-hydrogen) atoms. The van der Waals surface area contributed by atoms with Gasteiger partial charge in [0.15, 0.2) is 5.75 Å². The first-order valence-electron chi connectivity index (χ1n) is 6.22. The summed E-state index contributed by atoms with van der Waals surface area (Å²) in [6.07, 6.45) is -0.532. The number of aliphatic hydroxyl groups is 1. The summed E-state index contributed by atoms with van der Waals surface area (Å²) in [5.41, 5.74) is 0. The van der Waals surface area contributed by atoms with Crippen molar-refractivity contribution in [1.82, 2.24) is 4.90 Å². The van der Waals surface area contributed by atoms with Crippen LogP contribution in [0.4, 0.5) is 0 Å². The van der Waals surface area contributed by atoms with Gasteiger partial charge in [-0.1, -0.05) is 29.3 Å². The van der Waals surface area contributed by atoms with E-state index in [9.17, 15) is 5.11 Å². The van der Waals surface area contributed by atoms with Gasteiger partial charge in [-0.15, -0.1) is 0 Å². The Morgan fingerprint density at radius 3 is 2.53 bits per heavy atom. The van der Waals surface area contributed by atoms with Crippen LogP contribution in [-0.4, -0.2) is 53.9 Å². The van der Waals surface area contributed by atoms with E-state index in [4.69, 9.17) is 27.9 Å². The zero-order valence-corrected chi connectivity index (χ0v) is 12.8. The van der Waals surface area contributed by atoms with Crippen LogP contribution in [0.2, 0.25) is 10.0 Å². The van der Waals surface area contributed by atoms with Gasteiger partial charge >= 0.3 is 0 Å². The molecular formula is C13H17Cl2NO2S. The molecule has 1 fully saturated rings. The molecule has 1 N–H and O–H groups in total. The first-order chi connectivity index (χ1) is 9.16. The minimum Gasteiger partial charge on any atom is -0.488 e. The number of nitrogens with zero attached hydrogens (tertiary/aromatic N) is 1. The highest BCUT2D eigenvalue weighted by molar-refractivity contribution is 7.99. The van der Waals surface area contributed by atoms with Crippen molar-refractivity contribution in [3.05, 3.63) is 28.2 Å². The molecule has 0 saturated carbocycles. The number of aliphatic hydroxyl groups excluding tert-OH is 1. The monoisotopic (exact) mass is 321 g/mol. The summed E-state index contributed by atoms with van der Waals surface area (Å²) in [5, 5.41) is 10.9. The second-order valence-corrected chi connectivity index (χ2v) is 6.47. The lowest BCUT2D eigenvalue weighted by molar-refractivity contribution is 0.0716. The smallest absolute Gasteiger partial charge is 0.156 e. The fraction of sp³-hybridized carbons (Fsp3) is 0.538. The largest absolute Gasteiger partial charge is 0.488 e. The SMILES string of the molecule is OC(COc1c(Cl)cccc1Cl)CN1CCSCC1. The molecule has 1 saturated heterocycles. The zero-order valence-electron chi connectivity index (χ0n) is 10.5. The molecule has 1 atom stereocenters. The van der Waals surface area contributed by atoms with Gasteiger partial charge in [0.05, 0.1) is 10.0 Å². The highest BCUT2D eigenvalue weighted by Gasteiger charge is 2.16. The molecule has 1 heterocycles. The van der Waals surface area contributed by atoms with Crippen LogP contribution in [0.5, 0.6) is 5.75 Å². The molecule has 0 aromatic heterocycles. The summed E-state index contributed by atoms with van der Waals surface area (Å²) in [5.74, 6) is 2.70. The third-order valence-corrected chi connectivity index (χ3v) is 4.45. The topological polar surface area (TPSA) is 32.7 Å². The predicted molar refractivity (Wildman–Crippen MR) is 81.7 cm³/mol. The minimum absolute atomic E-state index is 0.201. The van der Waals surface area contributed by atoms with E-state index in [2.05, 4.69) is 4.90 Å². The number of rotatable bonds is 5.